The van der Waals surface area contributed by atoms with Crippen LogP contribution in [0.25, 0.3) is 0 Å². The van der Waals surface area contributed by atoms with Gasteiger partial charge < -0.3 is 15.0 Å². The normalized spacial score (nSPS) is 19.0. The minimum atomic E-state index is -0.666. The molecule has 4 rings (SSSR count). The molecule has 2 aliphatic rings. The molecule has 29 heavy (non-hydrogen) atoms. The molecule has 8 heteroatoms. The highest BCUT2D eigenvalue weighted by molar-refractivity contribution is 7.14. The van der Waals surface area contributed by atoms with Crippen molar-refractivity contribution in [2.45, 2.75) is 25.8 Å². The Morgan fingerprint density at radius 1 is 1.21 bits per heavy atom. The Kier molecular flexibility index (Phi) is 5.91. The number of nitrogens with one attached hydrogen (secondary N) is 1. The maximum absolute atomic E-state index is 13.7. The van der Waals surface area contributed by atoms with E-state index in [0.29, 0.717) is 44.0 Å². The fourth-order valence-electron chi connectivity index (χ4n) is 3.77. The van der Waals surface area contributed by atoms with Gasteiger partial charge in [0.2, 0.25) is 5.91 Å². The van der Waals surface area contributed by atoms with Crippen molar-refractivity contribution in [2.75, 3.05) is 26.3 Å². The summed E-state index contributed by atoms with van der Waals surface area (Å²) in [4.78, 5) is 28.9. The summed E-state index contributed by atoms with van der Waals surface area (Å²) >= 11 is 1.52. The second kappa shape index (κ2) is 8.59. The number of thiophene rings is 1. The average Bonchev–Trinajstić information content (AvgIpc) is 3.16. The molecule has 1 atom stereocenters. The van der Waals surface area contributed by atoms with Crippen LogP contribution in [0.1, 0.15) is 32.1 Å². The van der Waals surface area contributed by atoms with E-state index >= 15 is 0 Å². The van der Waals surface area contributed by atoms with Crippen molar-refractivity contribution in [3.8, 4) is 0 Å². The molecule has 1 aliphatic carbocycles. The Morgan fingerprint density at radius 2 is 2.00 bits per heavy atom. The van der Waals surface area contributed by atoms with Crippen LogP contribution in [0.2, 0.25) is 0 Å². The lowest BCUT2D eigenvalue weighted by atomic mass is 9.87. The topological polar surface area (TPSA) is 58.6 Å². The zero-order chi connectivity index (χ0) is 20.4. The maximum atomic E-state index is 13.7. The van der Waals surface area contributed by atoms with Crippen LogP contribution in [0.15, 0.2) is 24.3 Å². The van der Waals surface area contributed by atoms with Gasteiger partial charge in [0.15, 0.2) is 0 Å². The molecule has 154 valence electrons. The van der Waals surface area contributed by atoms with Crippen LogP contribution in [0, 0.1) is 17.6 Å². The summed E-state index contributed by atoms with van der Waals surface area (Å²) in [6.45, 7) is 2.36. The summed E-state index contributed by atoms with van der Waals surface area (Å²) in [6.07, 6.45) is 2.01. The number of carbonyl (C=O) groups excluding carboxylic acids is 2. The zero-order valence-corrected chi connectivity index (χ0v) is 16.7. The second-order valence-electron chi connectivity index (χ2n) is 7.36. The third kappa shape index (κ3) is 4.48. The standard InChI is InChI=1S/C21H22F2N2O3S/c22-16-3-1-14(17(23)11-16)12-24-20(26)13-2-4-18-15(9-13)10-19(29-18)21(27)25-5-7-28-8-6-25/h1,3,10-11,13H,2,4-9,12H2,(H,24,26)/t13-/m0/s1. The summed E-state index contributed by atoms with van der Waals surface area (Å²) in [6, 6.07) is 5.24. The molecule has 2 heterocycles. The number of fused-ring (bicyclic) bond motifs is 1. The molecule has 1 aromatic carbocycles. The first-order valence-corrected chi connectivity index (χ1v) is 10.5. The molecule has 1 aromatic heterocycles. The molecule has 2 aromatic rings. The van der Waals surface area contributed by atoms with Crippen LogP contribution >= 0.6 is 11.3 Å². The Morgan fingerprint density at radius 3 is 2.76 bits per heavy atom. The van der Waals surface area contributed by atoms with Gasteiger partial charge in [-0.3, -0.25) is 9.59 Å². The molecule has 0 spiro atoms. The molecule has 0 saturated carbocycles. The molecule has 0 bridgehead atoms. The van der Waals surface area contributed by atoms with Gasteiger partial charge in [-0.2, -0.15) is 0 Å². The first-order chi connectivity index (χ1) is 14.0. The average molecular weight is 420 g/mol. The molecule has 0 radical (unpaired) electrons. The van der Waals surface area contributed by atoms with E-state index in [2.05, 4.69) is 5.32 Å². The van der Waals surface area contributed by atoms with Gasteiger partial charge >= 0.3 is 0 Å². The molecule has 1 saturated heterocycles. The van der Waals surface area contributed by atoms with Crippen LogP contribution in [-0.2, 0) is 28.9 Å². The van der Waals surface area contributed by atoms with E-state index in [1.54, 1.807) is 0 Å². The van der Waals surface area contributed by atoms with Gasteiger partial charge in [0, 0.05) is 42.1 Å². The van der Waals surface area contributed by atoms with Crippen molar-refractivity contribution in [3.63, 3.8) is 0 Å². The van der Waals surface area contributed by atoms with Gasteiger partial charge in [0.1, 0.15) is 11.6 Å². The van der Waals surface area contributed by atoms with Gasteiger partial charge in [0.05, 0.1) is 18.1 Å². The third-order valence-electron chi connectivity index (χ3n) is 5.43. The van der Waals surface area contributed by atoms with E-state index in [9.17, 15) is 18.4 Å². The minimum Gasteiger partial charge on any atom is -0.378 e. The van der Waals surface area contributed by atoms with Crippen LogP contribution < -0.4 is 5.32 Å². The van der Waals surface area contributed by atoms with Crippen LogP contribution in [0.5, 0.6) is 0 Å². The molecular weight excluding hydrogens is 398 g/mol. The SMILES string of the molecule is O=C(NCc1ccc(F)cc1F)[C@H]1CCc2sc(C(=O)N3CCOCC3)cc2C1. The number of amides is 2. The molecular formula is C21H22F2N2O3S. The maximum Gasteiger partial charge on any atom is 0.264 e. The van der Waals surface area contributed by atoms with E-state index in [-0.39, 0.29) is 29.8 Å². The van der Waals surface area contributed by atoms with Crippen LogP contribution in [0.4, 0.5) is 8.78 Å². The number of hydrogen-bond donors (Lipinski definition) is 1. The molecule has 5 nitrogen and oxygen atoms in total. The first kappa shape index (κ1) is 20.0. The van der Waals surface area contributed by atoms with Crippen molar-refractivity contribution in [1.82, 2.24) is 10.2 Å². The van der Waals surface area contributed by atoms with Crippen molar-refractivity contribution < 1.29 is 23.1 Å². The molecule has 1 fully saturated rings. The highest BCUT2D eigenvalue weighted by Crippen LogP contribution is 2.33. The fraction of sp³-hybridized carbons (Fsp3) is 0.429. The number of carbonyl (C=O) groups is 2. The lowest BCUT2D eigenvalue weighted by Crippen LogP contribution is -2.40. The predicted molar refractivity (Wildman–Crippen MR) is 105 cm³/mol. The summed E-state index contributed by atoms with van der Waals surface area (Å²) in [5.74, 6) is -1.64. The van der Waals surface area contributed by atoms with Crippen molar-refractivity contribution in [1.29, 1.82) is 0 Å². The fourth-order valence-corrected chi connectivity index (χ4v) is 4.94. The Balaban J connectivity index is 1.37. The van der Waals surface area contributed by atoms with Crippen molar-refractivity contribution in [3.05, 3.63) is 56.8 Å². The minimum absolute atomic E-state index is 0.0265. The van der Waals surface area contributed by atoms with Gasteiger partial charge in [-0.05, 0) is 37.0 Å². The zero-order valence-electron chi connectivity index (χ0n) is 15.9. The Hall–Kier alpha value is -2.32. The number of benzene rings is 1. The lowest BCUT2D eigenvalue weighted by Gasteiger charge is -2.26. The van der Waals surface area contributed by atoms with Crippen LogP contribution in [-0.4, -0.2) is 43.0 Å². The summed E-state index contributed by atoms with van der Waals surface area (Å²) in [5, 5.41) is 2.75. The predicted octanol–water partition coefficient (Wildman–Crippen LogP) is 2.92. The van der Waals surface area contributed by atoms with Gasteiger partial charge in [-0.1, -0.05) is 6.07 Å². The van der Waals surface area contributed by atoms with E-state index < -0.39 is 11.6 Å². The first-order valence-electron chi connectivity index (χ1n) is 9.71. The third-order valence-corrected chi connectivity index (χ3v) is 6.66. The number of hydrogen-bond acceptors (Lipinski definition) is 4. The largest absolute Gasteiger partial charge is 0.378 e. The van der Waals surface area contributed by atoms with Gasteiger partial charge in [-0.25, -0.2) is 8.78 Å². The number of nitrogens with zero attached hydrogens (tertiary/aromatic N) is 1. The quantitative estimate of drug-likeness (QED) is 0.828. The number of morpholine rings is 1. The molecule has 1 N–H and O–H groups in total. The van der Waals surface area contributed by atoms with Gasteiger partial charge in [0.25, 0.3) is 5.91 Å². The highest BCUT2D eigenvalue weighted by Gasteiger charge is 2.29. The van der Waals surface area contributed by atoms with E-state index in [1.165, 1.54) is 23.5 Å². The Bertz CT molecular complexity index is 925. The highest BCUT2D eigenvalue weighted by atomic mass is 32.1. The van der Waals surface area contributed by atoms with E-state index in [1.807, 2.05) is 11.0 Å². The molecule has 1 aliphatic heterocycles. The van der Waals surface area contributed by atoms with E-state index in [0.717, 1.165) is 22.9 Å². The Labute approximate surface area is 171 Å². The summed E-state index contributed by atoms with van der Waals surface area (Å²) in [5.41, 5.74) is 1.30. The van der Waals surface area contributed by atoms with Crippen LogP contribution in [0.3, 0.4) is 0 Å². The summed E-state index contributed by atoms with van der Waals surface area (Å²) < 4.78 is 32.0. The number of aryl methyl sites for hydroxylation is 1. The monoisotopic (exact) mass is 420 g/mol. The van der Waals surface area contributed by atoms with Gasteiger partial charge in [-0.15, -0.1) is 11.3 Å². The number of rotatable bonds is 4. The van der Waals surface area contributed by atoms with E-state index in [4.69, 9.17) is 4.74 Å². The molecule has 0 unspecified atom stereocenters. The summed E-state index contributed by atoms with van der Waals surface area (Å²) in [7, 11) is 0. The smallest absolute Gasteiger partial charge is 0.264 e. The second-order valence-corrected chi connectivity index (χ2v) is 8.49. The number of ether oxygens (including phenoxy) is 1. The molecule has 2 amide bonds. The lowest BCUT2D eigenvalue weighted by molar-refractivity contribution is -0.125. The van der Waals surface area contributed by atoms with Crippen molar-refractivity contribution >= 4 is 23.2 Å². The number of halogens is 2. The van der Waals surface area contributed by atoms with Crippen molar-refractivity contribution in [2.24, 2.45) is 5.92 Å².